The lowest BCUT2D eigenvalue weighted by Gasteiger charge is -2.43. The van der Waals surface area contributed by atoms with Gasteiger partial charge in [-0.2, -0.15) is 0 Å². The van der Waals surface area contributed by atoms with Crippen molar-refractivity contribution in [2.75, 3.05) is 39.4 Å². The first-order valence-corrected chi connectivity index (χ1v) is 9.61. The number of hydrogen-bond donors (Lipinski definition) is 1. The lowest BCUT2D eigenvalue weighted by Crippen LogP contribution is -2.48. The van der Waals surface area contributed by atoms with Gasteiger partial charge < -0.3 is 10.1 Å². The quantitative estimate of drug-likeness (QED) is 0.807. The van der Waals surface area contributed by atoms with Crippen LogP contribution in [0.4, 0.5) is 0 Å². The molecular formula is C21H36Cl2N2O. The second kappa shape index (κ2) is 10.3. The molecule has 2 aliphatic heterocycles. The SMILES string of the molecule is Cc1c(C)c(C)c([C@H](C2CCOCC2)N2CCNCC2)c(C)c1C.Cl.Cl. The van der Waals surface area contributed by atoms with Crippen molar-refractivity contribution in [1.82, 2.24) is 10.2 Å². The number of ether oxygens (including phenoxy) is 1. The normalized spacial score (nSPS) is 20.2. The molecule has 0 spiro atoms. The van der Waals surface area contributed by atoms with Gasteiger partial charge in [-0.15, -0.1) is 24.8 Å². The molecule has 0 unspecified atom stereocenters. The predicted octanol–water partition coefficient (Wildman–Crippen LogP) is 4.45. The Balaban J connectivity index is 0.00000169. The van der Waals surface area contributed by atoms with Gasteiger partial charge >= 0.3 is 0 Å². The van der Waals surface area contributed by atoms with Crippen LogP contribution in [0.25, 0.3) is 0 Å². The molecule has 26 heavy (non-hydrogen) atoms. The number of hydrogen-bond acceptors (Lipinski definition) is 3. The molecule has 0 aromatic heterocycles. The van der Waals surface area contributed by atoms with E-state index in [0.29, 0.717) is 6.04 Å². The van der Waals surface area contributed by atoms with Crippen LogP contribution in [-0.4, -0.2) is 44.3 Å². The molecule has 0 bridgehead atoms. The van der Waals surface area contributed by atoms with Crippen molar-refractivity contribution in [1.29, 1.82) is 0 Å². The van der Waals surface area contributed by atoms with E-state index in [4.69, 9.17) is 4.74 Å². The third-order valence-electron chi connectivity index (χ3n) is 6.61. The molecule has 0 amide bonds. The van der Waals surface area contributed by atoms with E-state index in [2.05, 4.69) is 44.8 Å². The molecule has 3 rings (SSSR count). The maximum Gasteiger partial charge on any atom is 0.0469 e. The van der Waals surface area contributed by atoms with E-state index in [1.807, 2.05) is 0 Å². The number of nitrogens with one attached hydrogen (secondary N) is 1. The molecule has 1 aromatic carbocycles. The van der Waals surface area contributed by atoms with Crippen LogP contribution in [0.15, 0.2) is 0 Å². The van der Waals surface area contributed by atoms with Gasteiger partial charge in [0.15, 0.2) is 0 Å². The van der Waals surface area contributed by atoms with Gasteiger partial charge in [0.1, 0.15) is 0 Å². The Kier molecular flexibility index (Phi) is 9.38. The molecule has 0 saturated carbocycles. The Bertz CT molecular complexity index is 547. The zero-order valence-electron chi connectivity index (χ0n) is 17.0. The zero-order valence-corrected chi connectivity index (χ0v) is 18.6. The Labute approximate surface area is 172 Å². The summed E-state index contributed by atoms with van der Waals surface area (Å²) >= 11 is 0. The minimum atomic E-state index is 0. The number of rotatable bonds is 3. The van der Waals surface area contributed by atoms with Gasteiger partial charge in [0, 0.05) is 45.4 Å². The summed E-state index contributed by atoms with van der Waals surface area (Å²) in [5.41, 5.74) is 9.10. The van der Waals surface area contributed by atoms with Crippen molar-refractivity contribution in [3.8, 4) is 0 Å². The van der Waals surface area contributed by atoms with Crippen LogP contribution in [0.5, 0.6) is 0 Å². The predicted molar refractivity (Wildman–Crippen MR) is 115 cm³/mol. The van der Waals surface area contributed by atoms with E-state index in [-0.39, 0.29) is 24.8 Å². The van der Waals surface area contributed by atoms with E-state index in [1.165, 1.54) is 40.7 Å². The second-order valence-corrected chi connectivity index (χ2v) is 7.72. The lowest BCUT2D eigenvalue weighted by molar-refractivity contribution is 0.0209. The minimum absolute atomic E-state index is 0. The van der Waals surface area contributed by atoms with Gasteiger partial charge in [-0.1, -0.05) is 0 Å². The van der Waals surface area contributed by atoms with Crippen LogP contribution in [0, 0.1) is 40.5 Å². The van der Waals surface area contributed by atoms with Gasteiger partial charge in [-0.05, 0) is 86.8 Å². The molecule has 1 aromatic rings. The monoisotopic (exact) mass is 402 g/mol. The number of halogens is 2. The summed E-state index contributed by atoms with van der Waals surface area (Å²) in [5.74, 6) is 0.718. The molecule has 150 valence electrons. The summed E-state index contributed by atoms with van der Waals surface area (Å²) in [4.78, 5) is 2.75. The van der Waals surface area contributed by atoms with E-state index < -0.39 is 0 Å². The third-order valence-corrected chi connectivity index (χ3v) is 6.61. The van der Waals surface area contributed by atoms with Crippen molar-refractivity contribution < 1.29 is 4.74 Å². The zero-order chi connectivity index (χ0) is 17.3. The Hall–Kier alpha value is -0.320. The van der Waals surface area contributed by atoms with Crippen LogP contribution in [-0.2, 0) is 4.74 Å². The van der Waals surface area contributed by atoms with Crippen molar-refractivity contribution in [3.63, 3.8) is 0 Å². The third kappa shape index (κ3) is 4.56. The molecule has 0 radical (unpaired) electrons. The standard InChI is InChI=1S/C21H34N2O.2ClH/c1-14-15(2)17(4)20(18(5)16(14)3)21(19-6-12-24-13-7-19)23-10-8-22-9-11-23;;/h19,21-22H,6-13H2,1-5H3;2*1H/t21-;;/m0../s1. The van der Waals surface area contributed by atoms with Crippen LogP contribution >= 0.6 is 24.8 Å². The minimum Gasteiger partial charge on any atom is -0.381 e. The largest absolute Gasteiger partial charge is 0.381 e. The molecule has 1 N–H and O–H groups in total. The Morgan fingerprint density at radius 3 is 1.77 bits per heavy atom. The molecule has 2 saturated heterocycles. The van der Waals surface area contributed by atoms with Crippen LogP contribution < -0.4 is 5.32 Å². The first kappa shape index (κ1) is 23.7. The summed E-state index contributed by atoms with van der Waals surface area (Å²) in [7, 11) is 0. The number of benzene rings is 1. The smallest absolute Gasteiger partial charge is 0.0469 e. The van der Waals surface area contributed by atoms with Crippen LogP contribution in [0.2, 0.25) is 0 Å². The fourth-order valence-corrected chi connectivity index (χ4v) is 4.68. The highest BCUT2D eigenvalue weighted by atomic mass is 35.5. The first-order chi connectivity index (χ1) is 11.5. The van der Waals surface area contributed by atoms with Gasteiger partial charge in [0.25, 0.3) is 0 Å². The molecular weight excluding hydrogens is 367 g/mol. The summed E-state index contributed by atoms with van der Waals surface area (Å²) in [5, 5.41) is 3.52. The summed E-state index contributed by atoms with van der Waals surface area (Å²) in [6.07, 6.45) is 2.39. The molecule has 0 aliphatic carbocycles. The van der Waals surface area contributed by atoms with Gasteiger partial charge in [-0.25, -0.2) is 0 Å². The van der Waals surface area contributed by atoms with Crippen molar-refractivity contribution in [3.05, 3.63) is 33.4 Å². The summed E-state index contributed by atoms with van der Waals surface area (Å²) < 4.78 is 5.67. The first-order valence-electron chi connectivity index (χ1n) is 9.61. The van der Waals surface area contributed by atoms with Gasteiger partial charge in [0.2, 0.25) is 0 Å². The molecule has 2 aliphatic rings. The van der Waals surface area contributed by atoms with E-state index in [9.17, 15) is 0 Å². The average molecular weight is 403 g/mol. The molecule has 2 heterocycles. The highest BCUT2D eigenvalue weighted by Gasteiger charge is 2.34. The fourth-order valence-electron chi connectivity index (χ4n) is 4.68. The number of nitrogens with zero attached hydrogens (tertiary/aromatic N) is 1. The highest BCUT2D eigenvalue weighted by molar-refractivity contribution is 5.85. The maximum absolute atomic E-state index is 5.67. The Morgan fingerprint density at radius 2 is 1.27 bits per heavy atom. The number of piperazine rings is 1. The van der Waals surface area contributed by atoms with Crippen LogP contribution in [0.3, 0.4) is 0 Å². The average Bonchev–Trinajstić information content (AvgIpc) is 2.63. The Morgan fingerprint density at radius 1 is 0.808 bits per heavy atom. The summed E-state index contributed by atoms with van der Waals surface area (Å²) in [6.45, 7) is 18.0. The lowest BCUT2D eigenvalue weighted by atomic mass is 9.78. The van der Waals surface area contributed by atoms with E-state index in [0.717, 1.165) is 45.3 Å². The van der Waals surface area contributed by atoms with Crippen molar-refractivity contribution >= 4 is 24.8 Å². The molecule has 5 heteroatoms. The molecule has 1 atom stereocenters. The highest BCUT2D eigenvalue weighted by Crippen LogP contribution is 2.40. The molecule has 2 fully saturated rings. The fraction of sp³-hybridized carbons (Fsp3) is 0.714. The van der Waals surface area contributed by atoms with E-state index >= 15 is 0 Å². The molecule has 3 nitrogen and oxygen atoms in total. The van der Waals surface area contributed by atoms with Gasteiger partial charge in [0.05, 0.1) is 0 Å². The summed E-state index contributed by atoms with van der Waals surface area (Å²) in [6, 6.07) is 0.550. The van der Waals surface area contributed by atoms with Crippen LogP contribution in [0.1, 0.15) is 52.3 Å². The van der Waals surface area contributed by atoms with E-state index in [1.54, 1.807) is 5.56 Å². The second-order valence-electron chi connectivity index (χ2n) is 7.72. The van der Waals surface area contributed by atoms with Crippen molar-refractivity contribution in [2.24, 2.45) is 5.92 Å². The van der Waals surface area contributed by atoms with Crippen molar-refractivity contribution in [2.45, 2.75) is 53.5 Å². The topological polar surface area (TPSA) is 24.5 Å². The maximum atomic E-state index is 5.67. The van der Waals surface area contributed by atoms with Gasteiger partial charge in [-0.3, -0.25) is 4.90 Å².